The molecule has 0 rings (SSSR count). The van der Waals surface area contributed by atoms with Gasteiger partial charge in [-0.05, 0) is 98.2 Å². The number of nitrogens with one attached hydrogen (secondary N) is 3. The predicted octanol–water partition coefficient (Wildman–Crippen LogP) is 6.45. The summed E-state index contributed by atoms with van der Waals surface area (Å²) >= 11 is 0. The lowest BCUT2D eigenvalue weighted by atomic mass is 9.94. The molecule has 0 aromatic heterocycles. The molecule has 0 bridgehead atoms. The van der Waals surface area contributed by atoms with Crippen LogP contribution in [0.4, 0.5) is 0 Å². The van der Waals surface area contributed by atoms with Crippen LogP contribution in [0.5, 0.6) is 0 Å². The third kappa shape index (κ3) is 51.8. The molecule has 0 heterocycles. The van der Waals surface area contributed by atoms with E-state index in [2.05, 4.69) is 57.5 Å². The van der Waals surface area contributed by atoms with Crippen LogP contribution >= 0.6 is 7.82 Å². The van der Waals surface area contributed by atoms with E-state index in [1.807, 2.05) is 0 Å². The fraction of sp³-hybridized carbons (Fsp3) is 1.00. The van der Waals surface area contributed by atoms with Crippen molar-refractivity contribution in [2.24, 2.45) is 0 Å². The minimum absolute atomic E-state index is 0.104. The number of hydrogen-bond donors (Lipinski definition) is 12. The standard InChI is InChI=1S/3C14H31NO2.H3O4P/c3*1-3-4-5-6-7-8-11-15-14(2,9-12-16)10-13-17;1-5(2,3)4/h3*15-17H,3-13H2,1-2H3;(H3,1,2,3,4). The highest BCUT2D eigenvalue weighted by molar-refractivity contribution is 7.45. The summed E-state index contributed by atoms with van der Waals surface area (Å²) in [6.07, 6.45) is 27.6. The van der Waals surface area contributed by atoms with Crippen molar-refractivity contribution in [3.8, 4) is 0 Å². The van der Waals surface area contributed by atoms with Gasteiger partial charge >= 0.3 is 7.82 Å². The van der Waals surface area contributed by atoms with Gasteiger partial charge in [0.25, 0.3) is 0 Å². The molecular formula is C42H96N3O10P. The highest BCUT2D eigenvalue weighted by atomic mass is 31.2. The van der Waals surface area contributed by atoms with Crippen LogP contribution in [-0.2, 0) is 4.57 Å². The van der Waals surface area contributed by atoms with Gasteiger partial charge in [0, 0.05) is 56.3 Å². The van der Waals surface area contributed by atoms with E-state index in [0.717, 1.165) is 19.6 Å². The number of aliphatic hydroxyl groups excluding tert-OH is 6. The third-order valence-corrected chi connectivity index (χ3v) is 10.2. The molecule has 0 aromatic rings. The van der Waals surface area contributed by atoms with Crippen molar-refractivity contribution >= 4 is 7.82 Å². The quantitative estimate of drug-likeness (QED) is 0.0241. The highest BCUT2D eigenvalue weighted by Crippen LogP contribution is 2.26. The van der Waals surface area contributed by atoms with E-state index >= 15 is 0 Å². The molecule has 344 valence electrons. The van der Waals surface area contributed by atoms with Crippen LogP contribution in [0, 0.1) is 0 Å². The Morgan fingerprint density at radius 1 is 0.357 bits per heavy atom. The fourth-order valence-electron chi connectivity index (χ4n) is 6.27. The van der Waals surface area contributed by atoms with Gasteiger partial charge in [-0.25, -0.2) is 4.57 Å². The van der Waals surface area contributed by atoms with Gasteiger partial charge < -0.3 is 61.3 Å². The van der Waals surface area contributed by atoms with E-state index in [0.29, 0.717) is 38.5 Å². The van der Waals surface area contributed by atoms with E-state index in [1.54, 1.807) is 0 Å². The maximum absolute atomic E-state index is 9.01. The normalized spacial score (nSPS) is 12.0. The lowest BCUT2D eigenvalue weighted by molar-refractivity contribution is 0.175. The molecule has 0 saturated heterocycles. The Morgan fingerprint density at radius 3 is 0.679 bits per heavy atom. The van der Waals surface area contributed by atoms with Crippen molar-refractivity contribution in [1.29, 1.82) is 0 Å². The summed E-state index contributed by atoms with van der Waals surface area (Å²) < 4.78 is 8.88. The Hall–Kier alpha value is -0.250. The zero-order valence-corrected chi connectivity index (χ0v) is 38.1. The van der Waals surface area contributed by atoms with Crippen LogP contribution in [0.3, 0.4) is 0 Å². The van der Waals surface area contributed by atoms with Gasteiger partial charge in [-0.2, -0.15) is 0 Å². The Balaban J connectivity index is -0.000000340. The summed E-state index contributed by atoms with van der Waals surface area (Å²) in [6.45, 7) is 17.0. The number of rotatable bonds is 36. The molecular weight excluding hydrogens is 737 g/mol. The second-order valence-corrected chi connectivity index (χ2v) is 17.1. The van der Waals surface area contributed by atoms with Gasteiger partial charge in [-0.15, -0.1) is 0 Å². The molecule has 0 aromatic carbocycles. The van der Waals surface area contributed by atoms with Crippen molar-refractivity contribution in [3.05, 3.63) is 0 Å². The van der Waals surface area contributed by atoms with Crippen LogP contribution in [0.15, 0.2) is 0 Å². The lowest BCUT2D eigenvalue weighted by Gasteiger charge is -2.30. The van der Waals surface area contributed by atoms with Gasteiger partial charge in [0.15, 0.2) is 0 Å². The van der Waals surface area contributed by atoms with E-state index in [-0.39, 0.29) is 56.3 Å². The summed E-state index contributed by atoms with van der Waals surface area (Å²) in [5, 5.41) is 64.4. The minimum atomic E-state index is -4.64. The largest absolute Gasteiger partial charge is 0.466 e. The Morgan fingerprint density at radius 2 is 0.518 bits per heavy atom. The van der Waals surface area contributed by atoms with E-state index in [1.165, 1.54) is 116 Å². The summed E-state index contributed by atoms with van der Waals surface area (Å²) in [7, 11) is -4.64. The van der Waals surface area contributed by atoms with Gasteiger partial charge in [0.1, 0.15) is 0 Å². The molecule has 0 aliphatic heterocycles. The molecule has 14 heteroatoms. The first kappa shape index (κ1) is 62.4. The average Bonchev–Trinajstić information content (AvgIpc) is 3.11. The van der Waals surface area contributed by atoms with Crippen LogP contribution in [0.25, 0.3) is 0 Å². The maximum atomic E-state index is 9.01. The highest BCUT2D eigenvalue weighted by Gasteiger charge is 2.23. The molecule has 0 fully saturated rings. The van der Waals surface area contributed by atoms with Crippen molar-refractivity contribution in [2.45, 2.75) is 212 Å². The van der Waals surface area contributed by atoms with E-state index in [4.69, 9.17) is 49.9 Å². The summed E-state index contributed by atoms with van der Waals surface area (Å²) in [5.41, 5.74) is -0.313. The second-order valence-electron chi connectivity index (χ2n) is 16.1. The fourth-order valence-corrected chi connectivity index (χ4v) is 6.27. The van der Waals surface area contributed by atoms with Gasteiger partial charge in [0.2, 0.25) is 0 Å². The van der Waals surface area contributed by atoms with Crippen LogP contribution in [0.2, 0.25) is 0 Å². The van der Waals surface area contributed by atoms with Gasteiger partial charge in [-0.1, -0.05) is 117 Å². The molecule has 0 unspecified atom stereocenters. The molecule has 0 atom stereocenters. The molecule has 12 N–H and O–H groups in total. The molecule has 0 amide bonds. The van der Waals surface area contributed by atoms with E-state index < -0.39 is 7.82 Å². The summed E-state index contributed by atoms with van der Waals surface area (Å²) in [5.74, 6) is 0. The first-order valence-electron chi connectivity index (χ1n) is 22.2. The smallest absolute Gasteiger partial charge is 0.396 e. The van der Waals surface area contributed by atoms with Crippen molar-refractivity contribution < 1.29 is 49.9 Å². The molecule has 0 aliphatic rings. The SMILES string of the molecule is CCCCCCCCNC(C)(CCO)CCO.CCCCCCCCNC(C)(CCO)CCO.CCCCCCCCNC(C)(CCO)CCO.O=P(O)(O)O. The van der Waals surface area contributed by atoms with Gasteiger partial charge in [-0.3, -0.25) is 0 Å². The molecule has 0 saturated carbocycles. The summed E-state index contributed by atoms with van der Waals surface area (Å²) in [6, 6.07) is 0. The van der Waals surface area contributed by atoms with Crippen molar-refractivity contribution in [2.75, 3.05) is 59.3 Å². The zero-order valence-electron chi connectivity index (χ0n) is 37.2. The molecule has 13 nitrogen and oxygen atoms in total. The maximum Gasteiger partial charge on any atom is 0.466 e. The average molecular weight is 834 g/mol. The number of hydrogen-bond acceptors (Lipinski definition) is 10. The van der Waals surface area contributed by atoms with E-state index in [9.17, 15) is 0 Å². The molecule has 0 aliphatic carbocycles. The van der Waals surface area contributed by atoms with Gasteiger partial charge in [0.05, 0.1) is 0 Å². The van der Waals surface area contributed by atoms with Crippen LogP contribution < -0.4 is 16.0 Å². The van der Waals surface area contributed by atoms with Crippen LogP contribution in [-0.4, -0.2) is 121 Å². The second kappa shape index (κ2) is 44.3. The zero-order chi connectivity index (χ0) is 43.5. The third-order valence-electron chi connectivity index (χ3n) is 10.2. The topological polar surface area (TPSA) is 235 Å². The Bertz CT molecular complexity index is 699. The number of phosphoric acid groups is 1. The predicted molar refractivity (Wildman–Crippen MR) is 234 cm³/mol. The first-order valence-corrected chi connectivity index (χ1v) is 23.8. The lowest BCUT2D eigenvalue weighted by Crippen LogP contribution is -2.44. The van der Waals surface area contributed by atoms with Crippen LogP contribution in [0.1, 0.15) is 196 Å². The van der Waals surface area contributed by atoms with Crippen molar-refractivity contribution in [3.63, 3.8) is 0 Å². The molecule has 56 heavy (non-hydrogen) atoms. The molecule has 0 radical (unpaired) electrons. The number of unbranched alkanes of at least 4 members (excludes halogenated alkanes) is 15. The Kier molecular flexibility index (Phi) is 49.4. The molecule has 0 spiro atoms. The first-order chi connectivity index (χ1) is 26.5. The summed E-state index contributed by atoms with van der Waals surface area (Å²) in [4.78, 5) is 21.6. The monoisotopic (exact) mass is 834 g/mol. The Labute approximate surface area is 344 Å². The number of aliphatic hydroxyl groups is 6. The minimum Gasteiger partial charge on any atom is -0.396 e. The van der Waals surface area contributed by atoms with Crippen molar-refractivity contribution in [1.82, 2.24) is 16.0 Å².